The van der Waals surface area contributed by atoms with Gasteiger partial charge >= 0.3 is 0 Å². The number of β-amino-alcohol motifs (C(OH)–C–C–N with tert-alkyl or cyclic N) is 1. The number of carbonyl (C=O) groups is 1. The van der Waals surface area contributed by atoms with E-state index in [4.69, 9.17) is 4.74 Å². The Morgan fingerprint density at radius 3 is 2.92 bits per heavy atom. The molecule has 5 rings (SSSR count). The highest BCUT2D eigenvalue weighted by Crippen LogP contribution is 2.30. The van der Waals surface area contributed by atoms with E-state index in [-0.39, 0.29) is 17.5 Å². The molecule has 2 atom stereocenters. The van der Waals surface area contributed by atoms with Crippen molar-refractivity contribution < 1.29 is 23.4 Å². The number of methoxy groups -OCH3 is 1. The van der Waals surface area contributed by atoms with E-state index in [2.05, 4.69) is 25.5 Å². The maximum absolute atomic E-state index is 14.6. The second-order valence-corrected chi connectivity index (χ2v) is 9.98. The van der Waals surface area contributed by atoms with Crippen LogP contribution in [0.25, 0.3) is 10.9 Å². The van der Waals surface area contributed by atoms with Gasteiger partial charge in [-0.3, -0.25) is 9.78 Å². The first-order valence-corrected chi connectivity index (χ1v) is 12.8. The van der Waals surface area contributed by atoms with Gasteiger partial charge in [-0.05, 0) is 37.1 Å². The summed E-state index contributed by atoms with van der Waals surface area (Å²) in [7, 11) is 1.44. The number of aliphatic hydroxyl groups excluding tert-OH is 1. The third kappa shape index (κ3) is 5.29. The van der Waals surface area contributed by atoms with Crippen molar-refractivity contribution in [2.24, 2.45) is 0 Å². The standard InChI is InChI=1S/C25H27F2N5O3S/c1-35-15-7-17-16(19(27)11-29-24(17)18(26)8-15)2-4-32-5-3-20(22(33)12-32)28-9-14-6-21-25(30-10-14)36-13-23(34)31-21/h6-8,10-11,20,22,28,33H,2-5,9,12-13H2,1H3,(H,31,34)/t20-,22+/m0/s1. The van der Waals surface area contributed by atoms with Crippen LogP contribution in [0.5, 0.6) is 5.75 Å². The highest BCUT2D eigenvalue weighted by Gasteiger charge is 2.28. The first-order valence-electron chi connectivity index (χ1n) is 11.8. The summed E-state index contributed by atoms with van der Waals surface area (Å²) in [5.74, 6) is -0.390. The maximum atomic E-state index is 14.6. The lowest BCUT2D eigenvalue weighted by Gasteiger charge is -2.36. The number of fused-ring (bicyclic) bond motifs is 2. The highest BCUT2D eigenvalue weighted by molar-refractivity contribution is 8.00. The SMILES string of the molecule is COc1cc(F)c2ncc(F)c(CCN3CC[C@H](NCc4cnc5c(c4)NC(=O)CS5)[C@H](O)C3)c2c1. The molecule has 3 aromatic rings. The molecule has 1 fully saturated rings. The summed E-state index contributed by atoms with van der Waals surface area (Å²) < 4.78 is 34.2. The minimum atomic E-state index is -0.601. The molecule has 0 bridgehead atoms. The molecule has 0 saturated carbocycles. The lowest BCUT2D eigenvalue weighted by atomic mass is 10.00. The first kappa shape index (κ1) is 24.8. The van der Waals surface area contributed by atoms with Crippen LogP contribution >= 0.6 is 11.8 Å². The van der Waals surface area contributed by atoms with E-state index in [1.165, 1.54) is 24.9 Å². The van der Waals surface area contributed by atoms with Crippen molar-refractivity contribution in [3.8, 4) is 5.75 Å². The Morgan fingerprint density at radius 2 is 2.11 bits per heavy atom. The number of rotatable bonds is 7. The van der Waals surface area contributed by atoms with Crippen LogP contribution in [0.2, 0.25) is 0 Å². The third-order valence-electron chi connectivity index (χ3n) is 6.63. The zero-order valence-electron chi connectivity index (χ0n) is 19.8. The van der Waals surface area contributed by atoms with E-state index in [0.717, 1.165) is 29.0 Å². The summed E-state index contributed by atoms with van der Waals surface area (Å²) in [5.41, 5.74) is 2.15. The number of hydrogen-bond donors (Lipinski definition) is 3. The molecule has 1 aromatic carbocycles. The molecule has 0 spiro atoms. The number of piperidine rings is 1. The van der Waals surface area contributed by atoms with Gasteiger partial charge in [-0.2, -0.15) is 0 Å². The Morgan fingerprint density at radius 1 is 1.25 bits per heavy atom. The largest absolute Gasteiger partial charge is 0.497 e. The molecular weight excluding hydrogens is 488 g/mol. The Hall–Kier alpha value is -2.86. The number of nitrogens with one attached hydrogen (secondary N) is 2. The number of aromatic nitrogens is 2. The van der Waals surface area contributed by atoms with Gasteiger partial charge in [0.15, 0.2) is 5.82 Å². The van der Waals surface area contributed by atoms with Crippen LogP contribution in [0.3, 0.4) is 0 Å². The number of anilines is 1. The van der Waals surface area contributed by atoms with Crippen molar-refractivity contribution in [3.05, 3.63) is 53.4 Å². The van der Waals surface area contributed by atoms with Crippen molar-refractivity contribution in [1.29, 1.82) is 0 Å². The lowest BCUT2D eigenvalue weighted by Crippen LogP contribution is -2.52. The summed E-state index contributed by atoms with van der Waals surface area (Å²) >= 11 is 1.42. The van der Waals surface area contributed by atoms with Crippen molar-refractivity contribution in [3.63, 3.8) is 0 Å². The molecule has 36 heavy (non-hydrogen) atoms. The van der Waals surface area contributed by atoms with Crippen molar-refractivity contribution in [2.75, 3.05) is 37.8 Å². The van der Waals surface area contributed by atoms with Crippen LogP contribution in [0.1, 0.15) is 17.5 Å². The van der Waals surface area contributed by atoms with Crippen LogP contribution in [-0.4, -0.2) is 70.5 Å². The number of benzene rings is 1. The van der Waals surface area contributed by atoms with E-state index in [0.29, 0.717) is 54.9 Å². The number of amides is 1. The molecule has 4 heterocycles. The highest BCUT2D eigenvalue weighted by atomic mass is 32.2. The number of nitrogens with zero attached hydrogens (tertiary/aromatic N) is 3. The van der Waals surface area contributed by atoms with Gasteiger partial charge < -0.3 is 25.4 Å². The molecule has 190 valence electrons. The first-order chi connectivity index (χ1) is 17.4. The second-order valence-electron chi connectivity index (χ2n) is 9.02. The average Bonchev–Trinajstić information content (AvgIpc) is 2.87. The Kier molecular flexibility index (Phi) is 7.33. The number of aliphatic hydroxyl groups is 1. The zero-order chi connectivity index (χ0) is 25.2. The van der Waals surface area contributed by atoms with Crippen LogP contribution in [0.4, 0.5) is 14.5 Å². The molecular formula is C25H27F2N5O3S. The van der Waals surface area contributed by atoms with Gasteiger partial charge in [0.25, 0.3) is 0 Å². The topological polar surface area (TPSA) is 99.6 Å². The third-order valence-corrected chi connectivity index (χ3v) is 7.63. The normalized spacial score (nSPS) is 20.3. The molecule has 1 amide bonds. The fraction of sp³-hybridized carbons (Fsp3) is 0.400. The summed E-state index contributed by atoms with van der Waals surface area (Å²) in [6.07, 6.45) is 3.30. The number of pyridine rings is 2. The summed E-state index contributed by atoms with van der Waals surface area (Å²) in [6.45, 7) is 2.20. The Bertz CT molecular complexity index is 1290. The smallest absolute Gasteiger partial charge is 0.234 e. The number of carbonyl (C=O) groups excluding carboxylic acids is 1. The number of ether oxygens (including phenoxy) is 1. The fourth-order valence-electron chi connectivity index (χ4n) is 4.71. The molecule has 1 saturated heterocycles. The van der Waals surface area contributed by atoms with Crippen LogP contribution < -0.4 is 15.4 Å². The molecule has 11 heteroatoms. The summed E-state index contributed by atoms with van der Waals surface area (Å²) in [6, 6.07) is 4.65. The van der Waals surface area contributed by atoms with Crippen LogP contribution in [0.15, 0.2) is 35.6 Å². The summed E-state index contributed by atoms with van der Waals surface area (Å²) in [5, 5.41) is 18.2. The van der Waals surface area contributed by atoms with Gasteiger partial charge in [0.05, 0.1) is 30.9 Å². The molecule has 8 nitrogen and oxygen atoms in total. The zero-order valence-corrected chi connectivity index (χ0v) is 20.6. The monoisotopic (exact) mass is 515 g/mol. The van der Waals surface area contributed by atoms with Gasteiger partial charge in [0.1, 0.15) is 22.1 Å². The van der Waals surface area contributed by atoms with Gasteiger partial charge in [-0.25, -0.2) is 13.8 Å². The van der Waals surface area contributed by atoms with Crippen molar-refractivity contribution in [2.45, 2.75) is 36.6 Å². The molecule has 2 aliphatic heterocycles. The molecule has 3 N–H and O–H groups in total. The van der Waals surface area contributed by atoms with Gasteiger partial charge in [0.2, 0.25) is 5.91 Å². The van der Waals surface area contributed by atoms with Crippen LogP contribution in [0, 0.1) is 11.6 Å². The van der Waals surface area contributed by atoms with E-state index in [9.17, 15) is 18.7 Å². The fourth-order valence-corrected chi connectivity index (χ4v) is 5.44. The second kappa shape index (κ2) is 10.6. The molecule has 0 aliphatic carbocycles. The van der Waals surface area contributed by atoms with Crippen LogP contribution in [-0.2, 0) is 17.8 Å². The Labute approximate surface area is 211 Å². The molecule has 2 aromatic heterocycles. The predicted molar refractivity (Wildman–Crippen MR) is 133 cm³/mol. The van der Waals surface area contributed by atoms with E-state index >= 15 is 0 Å². The van der Waals surface area contributed by atoms with E-state index < -0.39 is 17.7 Å². The maximum Gasteiger partial charge on any atom is 0.234 e. The number of likely N-dealkylation sites (tertiary alicyclic amines) is 1. The van der Waals surface area contributed by atoms with Crippen molar-refractivity contribution in [1.82, 2.24) is 20.2 Å². The molecule has 0 radical (unpaired) electrons. The predicted octanol–water partition coefficient (Wildman–Crippen LogP) is 2.73. The lowest BCUT2D eigenvalue weighted by molar-refractivity contribution is -0.113. The van der Waals surface area contributed by atoms with E-state index in [1.807, 2.05) is 6.07 Å². The summed E-state index contributed by atoms with van der Waals surface area (Å²) in [4.78, 5) is 22.0. The average molecular weight is 516 g/mol. The number of halogens is 2. The minimum absolute atomic E-state index is 0.0360. The molecule has 2 aliphatic rings. The van der Waals surface area contributed by atoms with Crippen molar-refractivity contribution >= 4 is 34.3 Å². The Balaban J connectivity index is 1.18. The van der Waals surface area contributed by atoms with Gasteiger partial charge in [0, 0.05) is 48.9 Å². The van der Waals surface area contributed by atoms with E-state index in [1.54, 1.807) is 12.3 Å². The molecule has 0 unspecified atom stereocenters. The quantitative estimate of drug-likeness (QED) is 0.442. The minimum Gasteiger partial charge on any atom is -0.497 e. The van der Waals surface area contributed by atoms with Gasteiger partial charge in [-0.15, -0.1) is 0 Å². The number of hydrogen-bond acceptors (Lipinski definition) is 8. The number of thioether (sulfide) groups is 1. The van der Waals surface area contributed by atoms with Gasteiger partial charge in [-0.1, -0.05) is 11.8 Å².